The number of hydrogen-bond donors (Lipinski definition) is 2. The van der Waals surface area contributed by atoms with Crippen molar-refractivity contribution in [3.63, 3.8) is 0 Å². The Labute approximate surface area is 153 Å². The number of aromatic amines is 1. The van der Waals surface area contributed by atoms with Crippen LogP contribution in [0.4, 0.5) is 0 Å². The van der Waals surface area contributed by atoms with E-state index in [4.69, 9.17) is 0 Å². The molecular formula is C20H22N2O3S. The average Bonchev–Trinajstić information content (AvgIpc) is 2.98. The lowest BCUT2D eigenvalue weighted by Gasteiger charge is -2.14. The summed E-state index contributed by atoms with van der Waals surface area (Å²) < 4.78 is 23.1. The molecule has 2 N–H and O–H groups in total. The highest BCUT2D eigenvalue weighted by Crippen LogP contribution is 2.22. The number of H-pyrrole nitrogens is 1. The van der Waals surface area contributed by atoms with Crippen LogP contribution in [0.2, 0.25) is 0 Å². The lowest BCUT2D eigenvalue weighted by Crippen LogP contribution is -2.26. The number of aromatic nitrogens is 1. The molecule has 0 aliphatic heterocycles. The number of carbonyl (C=O) groups excluding carboxylic acids is 1. The third-order valence-electron chi connectivity index (χ3n) is 4.49. The van der Waals surface area contributed by atoms with Crippen LogP contribution in [0, 0.1) is 13.8 Å². The van der Waals surface area contributed by atoms with E-state index in [-0.39, 0.29) is 16.8 Å². The third-order valence-corrected chi connectivity index (χ3v) is 5.62. The molecule has 0 aliphatic rings. The van der Waals surface area contributed by atoms with Crippen molar-refractivity contribution in [3.05, 3.63) is 64.8 Å². The molecule has 5 nitrogen and oxygen atoms in total. The van der Waals surface area contributed by atoms with Gasteiger partial charge < -0.3 is 10.3 Å². The Bertz CT molecular complexity index is 1080. The molecule has 0 fully saturated rings. The summed E-state index contributed by atoms with van der Waals surface area (Å²) in [7, 11) is -3.23. The fourth-order valence-electron chi connectivity index (χ4n) is 3.08. The van der Waals surface area contributed by atoms with Gasteiger partial charge in [-0.05, 0) is 61.7 Å². The van der Waals surface area contributed by atoms with Gasteiger partial charge in [-0.3, -0.25) is 4.79 Å². The van der Waals surface area contributed by atoms with Gasteiger partial charge >= 0.3 is 0 Å². The summed E-state index contributed by atoms with van der Waals surface area (Å²) in [6.45, 7) is 5.91. The summed E-state index contributed by atoms with van der Waals surface area (Å²) in [6, 6.07) is 12.3. The normalized spacial score (nSPS) is 12.9. The predicted molar refractivity (Wildman–Crippen MR) is 103 cm³/mol. The van der Waals surface area contributed by atoms with Gasteiger partial charge in [0.15, 0.2) is 9.84 Å². The summed E-state index contributed by atoms with van der Waals surface area (Å²) >= 11 is 0. The van der Waals surface area contributed by atoms with E-state index in [2.05, 4.69) is 16.4 Å². The van der Waals surface area contributed by atoms with Crippen molar-refractivity contribution in [1.82, 2.24) is 10.3 Å². The van der Waals surface area contributed by atoms with Crippen molar-refractivity contribution in [2.45, 2.75) is 31.7 Å². The lowest BCUT2D eigenvalue weighted by atomic mass is 10.1. The molecule has 0 aliphatic carbocycles. The first-order valence-corrected chi connectivity index (χ1v) is 10.2. The monoisotopic (exact) mass is 370 g/mol. The van der Waals surface area contributed by atoms with Crippen molar-refractivity contribution in [3.8, 4) is 0 Å². The van der Waals surface area contributed by atoms with Gasteiger partial charge in [-0.2, -0.15) is 0 Å². The van der Waals surface area contributed by atoms with Crippen molar-refractivity contribution in [2.24, 2.45) is 0 Å². The summed E-state index contributed by atoms with van der Waals surface area (Å²) in [5, 5.41) is 3.98. The Morgan fingerprint density at radius 2 is 1.73 bits per heavy atom. The Hall–Kier alpha value is -2.60. The number of sulfone groups is 1. The first-order chi connectivity index (χ1) is 12.1. The predicted octanol–water partition coefficient (Wildman–Crippen LogP) is 3.68. The Morgan fingerprint density at radius 3 is 2.35 bits per heavy atom. The first-order valence-electron chi connectivity index (χ1n) is 8.36. The van der Waals surface area contributed by atoms with Crippen molar-refractivity contribution >= 4 is 26.6 Å². The highest BCUT2D eigenvalue weighted by molar-refractivity contribution is 7.90. The van der Waals surface area contributed by atoms with Crippen LogP contribution in [0.1, 0.15) is 40.1 Å². The van der Waals surface area contributed by atoms with Crippen LogP contribution in [-0.2, 0) is 9.84 Å². The van der Waals surface area contributed by atoms with E-state index in [0.717, 1.165) is 27.6 Å². The van der Waals surface area contributed by atoms with E-state index in [1.54, 1.807) is 24.3 Å². The zero-order valence-corrected chi connectivity index (χ0v) is 16.1. The average molecular weight is 370 g/mol. The lowest BCUT2D eigenvalue weighted by molar-refractivity contribution is 0.0935. The molecule has 6 heteroatoms. The zero-order chi connectivity index (χ0) is 19.1. The van der Waals surface area contributed by atoms with Crippen molar-refractivity contribution < 1.29 is 13.2 Å². The number of benzene rings is 2. The first kappa shape index (κ1) is 18.2. The van der Waals surface area contributed by atoms with Crippen LogP contribution in [0.3, 0.4) is 0 Å². The number of nitrogens with one attached hydrogen (secondary N) is 2. The molecule has 1 unspecified atom stereocenters. The molecule has 0 spiro atoms. The number of amides is 1. The Kier molecular flexibility index (Phi) is 4.63. The number of fused-ring (bicyclic) bond motifs is 1. The molecule has 1 amide bonds. The molecular weight excluding hydrogens is 348 g/mol. The van der Waals surface area contributed by atoms with E-state index in [9.17, 15) is 13.2 Å². The molecule has 3 aromatic rings. The van der Waals surface area contributed by atoms with Crippen molar-refractivity contribution in [2.75, 3.05) is 6.26 Å². The molecule has 0 radical (unpaired) electrons. The molecule has 0 saturated heterocycles. The minimum atomic E-state index is -3.23. The molecule has 1 atom stereocenters. The van der Waals surface area contributed by atoms with Gasteiger partial charge in [0.2, 0.25) is 0 Å². The maximum Gasteiger partial charge on any atom is 0.268 e. The molecule has 2 aromatic carbocycles. The maximum atomic E-state index is 12.6. The smallest absolute Gasteiger partial charge is 0.268 e. The zero-order valence-electron chi connectivity index (χ0n) is 15.3. The molecule has 3 rings (SSSR count). The minimum absolute atomic E-state index is 0.196. The Morgan fingerprint density at radius 1 is 1.08 bits per heavy atom. The van der Waals surface area contributed by atoms with E-state index in [1.165, 1.54) is 6.26 Å². The topological polar surface area (TPSA) is 79.0 Å². The van der Waals surface area contributed by atoms with Gasteiger partial charge in [0.05, 0.1) is 10.9 Å². The van der Waals surface area contributed by atoms with Crippen LogP contribution in [0.15, 0.2) is 47.4 Å². The van der Waals surface area contributed by atoms with Crippen molar-refractivity contribution in [1.29, 1.82) is 0 Å². The van der Waals surface area contributed by atoms with Gasteiger partial charge in [-0.1, -0.05) is 18.2 Å². The second-order valence-corrected chi connectivity index (χ2v) is 8.78. The van der Waals surface area contributed by atoms with Gasteiger partial charge in [-0.25, -0.2) is 8.42 Å². The SMILES string of the molecule is Cc1cc(C)c2cc(C(=O)NC(C)c3ccc(S(C)(=O)=O)cc3)[nH]c2c1. The third kappa shape index (κ3) is 3.65. The van der Waals surface area contributed by atoms with E-state index in [0.29, 0.717) is 5.69 Å². The second-order valence-electron chi connectivity index (χ2n) is 6.76. The molecule has 136 valence electrons. The van der Waals surface area contributed by atoms with Gasteiger partial charge in [0, 0.05) is 17.2 Å². The van der Waals surface area contributed by atoms with Crippen LogP contribution >= 0.6 is 0 Å². The molecule has 0 bridgehead atoms. The van der Waals surface area contributed by atoms with Crippen LogP contribution in [0.25, 0.3) is 10.9 Å². The summed E-state index contributed by atoms with van der Waals surface area (Å²) in [5.74, 6) is -0.196. The quantitative estimate of drug-likeness (QED) is 0.735. The minimum Gasteiger partial charge on any atom is -0.351 e. The maximum absolute atomic E-state index is 12.6. The number of hydrogen-bond acceptors (Lipinski definition) is 3. The Balaban J connectivity index is 1.80. The molecule has 1 heterocycles. The number of rotatable bonds is 4. The fourth-order valence-corrected chi connectivity index (χ4v) is 3.71. The van der Waals surface area contributed by atoms with Gasteiger partial charge in [-0.15, -0.1) is 0 Å². The number of carbonyl (C=O) groups is 1. The summed E-state index contributed by atoms with van der Waals surface area (Å²) in [5.41, 5.74) is 4.56. The summed E-state index contributed by atoms with van der Waals surface area (Å²) in [4.78, 5) is 16.0. The molecule has 26 heavy (non-hydrogen) atoms. The van der Waals surface area contributed by atoms with Gasteiger partial charge in [0.1, 0.15) is 5.69 Å². The summed E-state index contributed by atoms with van der Waals surface area (Å²) in [6.07, 6.45) is 1.17. The number of aryl methyl sites for hydroxylation is 2. The van der Waals surface area contributed by atoms with Crippen LogP contribution < -0.4 is 5.32 Å². The second kappa shape index (κ2) is 6.61. The van der Waals surface area contributed by atoms with E-state index >= 15 is 0 Å². The standard InChI is InChI=1S/C20H22N2O3S/c1-12-9-13(2)17-11-19(22-18(17)10-12)20(23)21-14(3)15-5-7-16(8-6-15)26(4,24)25/h5-11,14,22H,1-4H3,(H,21,23). The fraction of sp³-hybridized carbons (Fsp3) is 0.250. The molecule has 1 aromatic heterocycles. The van der Waals surface area contributed by atoms with Crippen LogP contribution in [0.5, 0.6) is 0 Å². The highest BCUT2D eigenvalue weighted by atomic mass is 32.2. The molecule has 0 saturated carbocycles. The van der Waals surface area contributed by atoms with Gasteiger partial charge in [0.25, 0.3) is 5.91 Å². The largest absolute Gasteiger partial charge is 0.351 e. The van der Waals surface area contributed by atoms with Crippen LogP contribution in [-0.4, -0.2) is 25.6 Å². The highest BCUT2D eigenvalue weighted by Gasteiger charge is 2.15. The van der Waals surface area contributed by atoms with E-state index < -0.39 is 9.84 Å². The van der Waals surface area contributed by atoms with E-state index in [1.807, 2.05) is 32.9 Å².